The largest absolute Gasteiger partial charge is 0.384 e. The van der Waals surface area contributed by atoms with Crippen LogP contribution < -0.4 is 16.4 Å². The van der Waals surface area contributed by atoms with Gasteiger partial charge in [0.15, 0.2) is 5.82 Å². The summed E-state index contributed by atoms with van der Waals surface area (Å²) in [5.41, 5.74) is 23.1. The van der Waals surface area contributed by atoms with Gasteiger partial charge in [0, 0.05) is 95.7 Å². The molecule has 2 aliphatic heterocycles. The molecule has 9 aromatic rings. The van der Waals surface area contributed by atoms with E-state index in [2.05, 4.69) is 201 Å². The number of anilines is 3. The van der Waals surface area contributed by atoms with Crippen molar-refractivity contribution < 1.29 is 4.21 Å². The van der Waals surface area contributed by atoms with Crippen molar-refractivity contribution in [3.63, 3.8) is 0 Å². The van der Waals surface area contributed by atoms with Gasteiger partial charge in [0.2, 0.25) is 0 Å². The average Bonchev–Trinajstić information content (AvgIpc) is 0.837. The molecule has 490 valence electrons. The van der Waals surface area contributed by atoms with Crippen LogP contribution in [0.2, 0.25) is 10.0 Å². The Kier molecular flexibility index (Phi) is 25.9. The number of H-pyrrole nitrogens is 1. The number of nitrogens with two attached hydrogens (primary N) is 1. The van der Waals surface area contributed by atoms with Crippen molar-refractivity contribution in [2.24, 2.45) is 15.7 Å². The molecule has 12 nitrogen and oxygen atoms in total. The Labute approximate surface area is 581 Å². The fourth-order valence-corrected chi connectivity index (χ4v) is 13.1. The van der Waals surface area contributed by atoms with Crippen LogP contribution in [0.25, 0.3) is 43.6 Å². The van der Waals surface area contributed by atoms with Gasteiger partial charge in [-0.1, -0.05) is 101 Å². The lowest BCUT2D eigenvalue weighted by Gasteiger charge is -2.20. The summed E-state index contributed by atoms with van der Waals surface area (Å²) in [5, 5.41) is 19.8. The molecular formula is C73H92BrCl2N11OS4. The molecule has 5 N–H and O–H groups in total. The third kappa shape index (κ3) is 21.4. The zero-order chi connectivity index (χ0) is 68.5. The standard InChI is InChI=1S/C20H25N3S.C19H24N4OS.C14H16ClNS.C10H7BrClN.C6H10N2.C4H10S/c1-12-9-17-15(10-18(12)24-20(4,5)6)16(7-8-21-17)23-19-14(3)13(2)11-22-19;1-11-9-16-14(10-17(11)25(24)19(4,5)6)15(7-8-20-16)21-18-12(2)13(3)22-23-18;1-9-7-12-10(11(15)5-6-16-12)8-13(9)17-14(2,3)4;1-6-4-10-7(5-8(6)11)9(12)2-3-13-10;1-4-3-8-6(7)5(4)2;1-4(2,3)5/h7-10H,11H2,1-6H3,(H,21,22,23);7-10H,1-6H3,(H2,20,21,22,23);5-8H,1-4H3;2-5H,1H3;3H2,1-2H3,(H2,7,8);5H,1-3H3. The van der Waals surface area contributed by atoms with Gasteiger partial charge in [-0.15, -0.1) is 23.5 Å². The summed E-state index contributed by atoms with van der Waals surface area (Å²) in [7, 11) is -1.10. The Balaban J connectivity index is 0.000000186. The van der Waals surface area contributed by atoms with Crippen molar-refractivity contribution in [2.75, 3.05) is 23.7 Å². The third-order valence-electron chi connectivity index (χ3n) is 14.4. The summed E-state index contributed by atoms with van der Waals surface area (Å²) in [6, 6.07) is 24.3. The van der Waals surface area contributed by atoms with E-state index in [9.17, 15) is 4.21 Å². The van der Waals surface area contributed by atoms with Gasteiger partial charge < -0.3 is 16.4 Å². The number of hydrogen-bond donors (Lipinski definition) is 5. The Bertz CT molecular complexity index is 4310. The molecule has 7 heterocycles. The lowest BCUT2D eigenvalue weighted by atomic mass is 10.1. The van der Waals surface area contributed by atoms with E-state index in [0.717, 1.165) is 122 Å². The molecule has 0 radical (unpaired) electrons. The molecule has 0 amide bonds. The van der Waals surface area contributed by atoms with Crippen LogP contribution in [0, 0.1) is 41.5 Å². The number of aryl methyl sites for hydroxylation is 5. The van der Waals surface area contributed by atoms with Gasteiger partial charge in [-0.05, 0) is 207 Å². The number of aromatic nitrogens is 6. The second-order valence-corrected chi connectivity index (χ2v) is 36.0. The van der Waals surface area contributed by atoms with Crippen LogP contribution in [-0.4, -0.2) is 78.1 Å². The van der Waals surface area contributed by atoms with Crippen LogP contribution in [0.1, 0.15) is 144 Å². The topological polar surface area (TPSA) is 172 Å². The number of aliphatic imine (C=N–C) groups is 2. The highest BCUT2D eigenvalue weighted by Gasteiger charge is 2.24. The van der Waals surface area contributed by atoms with Gasteiger partial charge in [0.05, 0.1) is 67.4 Å². The summed E-state index contributed by atoms with van der Waals surface area (Å²) < 4.78 is 14.2. The van der Waals surface area contributed by atoms with Crippen molar-refractivity contribution in [1.82, 2.24) is 30.1 Å². The van der Waals surface area contributed by atoms with Gasteiger partial charge in [-0.3, -0.25) is 39.2 Å². The molecule has 0 aliphatic carbocycles. The number of fused-ring (bicyclic) bond motifs is 4. The molecule has 1 unspecified atom stereocenters. The zero-order valence-corrected chi connectivity index (χ0v) is 64.0. The normalized spacial score (nSPS) is 13.6. The first-order valence-corrected chi connectivity index (χ1v) is 35.3. The van der Waals surface area contributed by atoms with E-state index in [-0.39, 0.29) is 19.0 Å². The Morgan fingerprint density at radius 3 is 1.38 bits per heavy atom. The van der Waals surface area contributed by atoms with Crippen molar-refractivity contribution in [3.8, 4) is 0 Å². The van der Waals surface area contributed by atoms with Crippen molar-refractivity contribution in [3.05, 3.63) is 168 Å². The highest BCUT2D eigenvalue weighted by molar-refractivity contribution is 9.10. The second-order valence-electron chi connectivity index (χ2n) is 27.1. The number of pyridine rings is 4. The molecule has 0 fully saturated rings. The van der Waals surface area contributed by atoms with Gasteiger partial charge in [0.25, 0.3) is 0 Å². The number of rotatable bonds is 6. The monoisotopic (exact) mass is 1420 g/mol. The molecule has 19 heteroatoms. The number of thioether (sulfide) groups is 2. The van der Waals surface area contributed by atoms with Crippen LogP contribution in [0.5, 0.6) is 0 Å². The van der Waals surface area contributed by atoms with Crippen LogP contribution in [0.15, 0.2) is 149 Å². The molecule has 11 rings (SSSR count). The number of hydrogen-bond acceptors (Lipinski definition) is 14. The molecule has 0 saturated heterocycles. The molecule has 2 aliphatic rings. The summed E-state index contributed by atoms with van der Waals surface area (Å²) >= 11 is 23.6. The summed E-state index contributed by atoms with van der Waals surface area (Å²) in [5.74, 6) is 2.48. The van der Waals surface area contributed by atoms with Crippen LogP contribution >= 0.6 is 75.3 Å². The molecule has 1 atom stereocenters. The minimum atomic E-state index is -1.10. The molecule has 0 spiro atoms. The van der Waals surface area contributed by atoms with Gasteiger partial charge in [-0.2, -0.15) is 17.7 Å². The Hall–Kier alpha value is -5.79. The van der Waals surface area contributed by atoms with Gasteiger partial charge in [0.1, 0.15) is 11.7 Å². The Morgan fingerprint density at radius 2 is 0.967 bits per heavy atom. The van der Waals surface area contributed by atoms with Crippen molar-refractivity contribution >= 4 is 159 Å². The maximum absolute atomic E-state index is 12.9. The maximum atomic E-state index is 12.9. The molecule has 0 saturated carbocycles. The minimum Gasteiger partial charge on any atom is -0.384 e. The molecule has 5 aromatic heterocycles. The third-order valence-corrected chi connectivity index (χ3v) is 20.4. The predicted molar refractivity (Wildman–Crippen MR) is 410 cm³/mol. The van der Waals surface area contributed by atoms with E-state index in [1.807, 2.05) is 128 Å². The highest BCUT2D eigenvalue weighted by atomic mass is 79.9. The number of halogens is 3. The van der Waals surface area contributed by atoms with E-state index in [1.54, 1.807) is 24.7 Å². The van der Waals surface area contributed by atoms with Crippen LogP contribution in [0.4, 0.5) is 17.2 Å². The lowest BCUT2D eigenvalue weighted by molar-refractivity contribution is 0.648. The van der Waals surface area contributed by atoms with E-state index in [0.29, 0.717) is 5.84 Å². The molecule has 4 aromatic carbocycles. The SMILES string of the molecule is CC(C)(C)S.CC1=C(C)C(N)=NC1.CC1=C(C)C(Nc2ccnc3cc(C)c(SC(C)(C)C)cc23)=NC1.Cc1cc2nccc(Cl)c2cc1Br.Cc1cc2nccc(Cl)c2cc1SC(C)(C)C.Cc1cc2nccc(Nc3n[nH]c(C)c3C)c2cc1S(=O)C(C)(C)C. The molecule has 92 heavy (non-hydrogen) atoms. The average molecular weight is 1420 g/mol. The van der Waals surface area contributed by atoms with Crippen LogP contribution in [-0.2, 0) is 10.8 Å². The van der Waals surface area contributed by atoms with Gasteiger partial charge >= 0.3 is 0 Å². The lowest BCUT2D eigenvalue weighted by Crippen LogP contribution is -2.22. The minimum absolute atomic E-state index is 0.181. The quantitative estimate of drug-likeness (QED) is 0.0792. The fourth-order valence-electron chi connectivity index (χ4n) is 8.95. The number of amidine groups is 2. The van der Waals surface area contributed by atoms with Crippen molar-refractivity contribution in [2.45, 2.75) is 186 Å². The smallest absolute Gasteiger partial charge is 0.155 e. The van der Waals surface area contributed by atoms with Crippen molar-refractivity contribution in [1.29, 1.82) is 0 Å². The molecule has 0 bridgehead atoms. The Morgan fingerprint density at radius 1 is 0.554 bits per heavy atom. The first-order chi connectivity index (χ1) is 42.7. The second kappa shape index (κ2) is 31.6. The van der Waals surface area contributed by atoms with E-state index in [4.69, 9.17) is 28.9 Å². The number of nitrogens with one attached hydrogen (secondary N) is 3. The first kappa shape index (κ1) is 75.2. The predicted octanol–water partition coefficient (Wildman–Crippen LogP) is 21.6. The highest BCUT2D eigenvalue weighted by Crippen LogP contribution is 2.40. The molecular weight excluding hydrogens is 1330 g/mol. The number of thiol groups is 1. The van der Waals surface area contributed by atoms with Gasteiger partial charge in [-0.25, -0.2) is 0 Å². The number of aromatic amines is 1. The first-order valence-electron chi connectivity index (χ1n) is 30.5. The number of nitrogens with zero attached hydrogens (tertiary/aromatic N) is 7. The fraction of sp³-hybridized carbons (Fsp3) is 0.384. The number of benzene rings is 4. The van der Waals surface area contributed by atoms with E-state index < -0.39 is 10.8 Å². The zero-order valence-electron chi connectivity index (χ0n) is 57.6. The summed E-state index contributed by atoms with van der Waals surface area (Å²) in [6.45, 7) is 47.7. The summed E-state index contributed by atoms with van der Waals surface area (Å²) in [4.78, 5) is 29.7. The van der Waals surface area contributed by atoms with E-state index >= 15 is 0 Å². The summed E-state index contributed by atoms with van der Waals surface area (Å²) in [6.07, 6.45) is 7.11. The maximum Gasteiger partial charge on any atom is 0.155 e. The van der Waals surface area contributed by atoms with E-state index in [1.165, 1.54) is 43.2 Å². The van der Waals surface area contributed by atoms with Crippen LogP contribution in [0.3, 0.4) is 0 Å².